The fraction of sp³-hybridized carbons (Fsp3) is 0.516. The summed E-state index contributed by atoms with van der Waals surface area (Å²) in [4.78, 5) is 24.0. The van der Waals surface area contributed by atoms with Gasteiger partial charge in [-0.1, -0.05) is 55.3 Å². The minimum atomic E-state index is -0.659. The van der Waals surface area contributed by atoms with Gasteiger partial charge >= 0.3 is 5.97 Å². The van der Waals surface area contributed by atoms with Crippen molar-refractivity contribution in [2.75, 3.05) is 0 Å². The number of amides is 1. The first-order valence-corrected chi connectivity index (χ1v) is 13.7. The molecular weight excluding hydrogens is 484 g/mol. The maximum atomic E-state index is 12.5. The zero-order chi connectivity index (χ0) is 26.5. The molecular formula is C31H35ClN2O3. The number of nitrogens with zero attached hydrogens (tertiary/aromatic N) is 1. The SMILES string of the molecule is CC(=O)O[C@H]1CC[C@@]2(C)C(=CC[C@@H]3[C@@H]2CC[C@]2(C)C(=C(/C#N)C(N)=O)/C(=C/c4ccccc4Cl)C[C@@H]32)C1. The van der Waals surface area contributed by atoms with Gasteiger partial charge < -0.3 is 10.5 Å². The van der Waals surface area contributed by atoms with Crippen LogP contribution in [0.4, 0.5) is 0 Å². The molecule has 0 saturated heterocycles. The third-order valence-electron chi connectivity index (χ3n) is 9.96. The van der Waals surface area contributed by atoms with Crippen molar-refractivity contribution < 1.29 is 14.3 Å². The number of carbonyl (C=O) groups excluding carboxylic acids is 2. The van der Waals surface area contributed by atoms with Crippen molar-refractivity contribution in [2.24, 2.45) is 34.3 Å². The molecule has 1 amide bonds. The van der Waals surface area contributed by atoms with Crippen LogP contribution in [0.5, 0.6) is 0 Å². The van der Waals surface area contributed by atoms with Crippen LogP contribution in [0, 0.1) is 39.9 Å². The Hall–Kier alpha value is -2.84. The molecule has 2 N–H and O–H groups in total. The van der Waals surface area contributed by atoms with Gasteiger partial charge in [0.15, 0.2) is 0 Å². The second kappa shape index (κ2) is 9.48. The molecule has 3 saturated carbocycles. The molecule has 0 unspecified atom stereocenters. The average molecular weight is 519 g/mol. The van der Waals surface area contributed by atoms with Crippen molar-refractivity contribution in [1.29, 1.82) is 5.26 Å². The lowest BCUT2D eigenvalue weighted by molar-refractivity contribution is -0.148. The minimum Gasteiger partial charge on any atom is -0.462 e. The number of esters is 1. The first kappa shape index (κ1) is 25.8. The van der Waals surface area contributed by atoms with E-state index >= 15 is 0 Å². The fourth-order valence-corrected chi connectivity index (χ4v) is 8.46. The van der Waals surface area contributed by atoms with E-state index in [0.717, 1.165) is 61.7 Å². The Morgan fingerprint density at radius 2 is 1.86 bits per heavy atom. The summed E-state index contributed by atoms with van der Waals surface area (Å²) in [6.45, 7) is 6.12. The number of allylic oxidation sites excluding steroid dienone is 3. The first-order valence-electron chi connectivity index (χ1n) is 13.4. The highest BCUT2D eigenvalue weighted by Gasteiger charge is 2.59. The summed E-state index contributed by atoms with van der Waals surface area (Å²) in [5.74, 6) is 0.399. The van der Waals surface area contributed by atoms with Gasteiger partial charge in [0.1, 0.15) is 17.7 Å². The van der Waals surface area contributed by atoms with Crippen LogP contribution >= 0.6 is 11.6 Å². The van der Waals surface area contributed by atoms with Crippen molar-refractivity contribution in [3.05, 3.63) is 63.2 Å². The molecule has 4 aliphatic carbocycles. The quantitative estimate of drug-likeness (QED) is 0.213. The lowest BCUT2D eigenvalue weighted by atomic mass is 9.47. The molecule has 1 aromatic rings. The van der Waals surface area contributed by atoms with Gasteiger partial charge in [0.25, 0.3) is 5.91 Å². The molecule has 0 spiro atoms. The molecule has 0 radical (unpaired) electrons. The van der Waals surface area contributed by atoms with Gasteiger partial charge in [0.05, 0.1) is 0 Å². The van der Waals surface area contributed by atoms with Crippen LogP contribution in [0.25, 0.3) is 6.08 Å². The maximum absolute atomic E-state index is 12.5. The Morgan fingerprint density at radius 3 is 2.54 bits per heavy atom. The largest absolute Gasteiger partial charge is 0.462 e. The van der Waals surface area contributed by atoms with Crippen LogP contribution in [0.2, 0.25) is 5.02 Å². The smallest absolute Gasteiger partial charge is 0.302 e. The highest BCUT2D eigenvalue weighted by Crippen LogP contribution is 2.67. The monoisotopic (exact) mass is 518 g/mol. The van der Waals surface area contributed by atoms with E-state index in [9.17, 15) is 14.9 Å². The summed E-state index contributed by atoms with van der Waals surface area (Å²) in [7, 11) is 0. The van der Waals surface area contributed by atoms with Gasteiger partial charge in [-0.05, 0) is 96.0 Å². The van der Waals surface area contributed by atoms with E-state index in [1.165, 1.54) is 12.5 Å². The predicted molar refractivity (Wildman–Crippen MR) is 144 cm³/mol. The van der Waals surface area contributed by atoms with Gasteiger partial charge in [0, 0.05) is 18.4 Å². The number of carbonyl (C=O) groups is 2. The molecule has 0 aliphatic heterocycles. The fourth-order valence-electron chi connectivity index (χ4n) is 8.27. The van der Waals surface area contributed by atoms with Gasteiger partial charge in [-0.15, -0.1) is 0 Å². The van der Waals surface area contributed by atoms with Gasteiger partial charge in [-0.2, -0.15) is 5.26 Å². The number of rotatable bonds is 3. The molecule has 0 bridgehead atoms. The summed E-state index contributed by atoms with van der Waals surface area (Å²) >= 11 is 6.51. The number of fused-ring (bicyclic) bond motifs is 5. The number of ether oxygens (including phenoxy) is 1. The summed E-state index contributed by atoms with van der Waals surface area (Å²) in [5.41, 5.74) is 9.79. The molecule has 194 valence electrons. The van der Waals surface area contributed by atoms with Gasteiger partial charge in [0.2, 0.25) is 0 Å². The number of nitrogens with two attached hydrogens (primary N) is 1. The molecule has 5 rings (SSSR count). The molecule has 4 aliphatic rings. The number of halogens is 1. The van der Waals surface area contributed by atoms with E-state index in [2.05, 4.69) is 32.1 Å². The summed E-state index contributed by atoms with van der Waals surface area (Å²) < 4.78 is 5.58. The van der Waals surface area contributed by atoms with Crippen LogP contribution in [0.3, 0.4) is 0 Å². The van der Waals surface area contributed by atoms with Crippen LogP contribution in [0.1, 0.15) is 71.3 Å². The molecule has 6 atom stereocenters. The van der Waals surface area contributed by atoms with Crippen LogP contribution < -0.4 is 5.73 Å². The summed E-state index contributed by atoms with van der Waals surface area (Å²) in [5, 5.41) is 10.7. The zero-order valence-electron chi connectivity index (χ0n) is 21.9. The molecule has 1 aromatic carbocycles. The van der Waals surface area contributed by atoms with Crippen molar-refractivity contribution in [3.63, 3.8) is 0 Å². The van der Waals surface area contributed by atoms with E-state index in [4.69, 9.17) is 22.1 Å². The Kier molecular flexibility index (Phi) is 6.61. The molecule has 0 aromatic heterocycles. The molecule has 5 nitrogen and oxygen atoms in total. The molecule has 0 heterocycles. The summed E-state index contributed by atoms with van der Waals surface area (Å²) in [6.07, 6.45) is 10.9. The number of benzene rings is 1. The predicted octanol–water partition coefficient (Wildman–Crippen LogP) is 6.53. The Balaban J connectivity index is 1.56. The number of hydrogen-bond acceptors (Lipinski definition) is 4. The lowest BCUT2D eigenvalue weighted by Gasteiger charge is -2.57. The Morgan fingerprint density at radius 1 is 1.14 bits per heavy atom. The van der Waals surface area contributed by atoms with Crippen LogP contribution in [-0.4, -0.2) is 18.0 Å². The van der Waals surface area contributed by atoms with Crippen molar-refractivity contribution in [1.82, 2.24) is 0 Å². The van der Waals surface area contributed by atoms with E-state index in [1.54, 1.807) is 0 Å². The Bertz CT molecular complexity index is 1290. The highest BCUT2D eigenvalue weighted by molar-refractivity contribution is 6.32. The number of primary amides is 1. The minimum absolute atomic E-state index is 0.0258. The standard InChI is InChI=1S/C31H35ClN2O3/c1-18(35)37-22-10-12-30(2)21(16-22)8-9-23-25(30)11-13-31(3)26(23)15-20(28(31)24(17-33)29(34)36)14-19-6-4-5-7-27(19)32/h4-8,14,22-23,25-26H,9-13,15-16H2,1-3H3,(H2,34,36)/b20-14+,28-24-/t22-,23+,25-,26-,30-,31-/m0/s1. The second-order valence-electron chi connectivity index (χ2n) is 11.8. The van der Waals surface area contributed by atoms with Crippen LogP contribution in [0.15, 0.2) is 52.6 Å². The highest BCUT2D eigenvalue weighted by atomic mass is 35.5. The molecule has 3 fully saturated rings. The lowest BCUT2D eigenvalue weighted by Crippen LogP contribution is -2.50. The maximum Gasteiger partial charge on any atom is 0.302 e. The third-order valence-corrected chi connectivity index (χ3v) is 10.3. The topological polar surface area (TPSA) is 93.2 Å². The second-order valence-corrected chi connectivity index (χ2v) is 12.2. The van der Waals surface area contributed by atoms with Gasteiger partial charge in [-0.3, -0.25) is 9.59 Å². The van der Waals surface area contributed by atoms with E-state index in [0.29, 0.717) is 22.8 Å². The van der Waals surface area contributed by atoms with Crippen LogP contribution in [-0.2, 0) is 14.3 Å². The van der Waals surface area contributed by atoms with Crippen molar-refractivity contribution in [3.8, 4) is 6.07 Å². The number of hydrogen-bond donors (Lipinski definition) is 1. The first-order chi connectivity index (χ1) is 17.6. The summed E-state index contributed by atoms with van der Waals surface area (Å²) in [6, 6.07) is 9.82. The average Bonchev–Trinajstić information content (AvgIpc) is 3.13. The Labute approximate surface area is 224 Å². The zero-order valence-corrected chi connectivity index (χ0v) is 22.6. The van der Waals surface area contributed by atoms with E-state index in [1.807, 2.05) is 24.3 Å². The molecule has 6 heteroatoms. The normalized spacial score (nSPS) is 36.9. The van der Waals surface area contributed by atoms with Gasteiger partial charge in [-0.25, -0.2) is 0 Å². The third kappa shape index (κ3) is 4.24. The van der Waals surface area contributed by atoms with E-state index in [-0.39, 0.29) is 28.5 Å². The molecule has 37 heavy (non-hydrogen) atoms. The number of nitriles is 1. The van der Waals surface area contributed by atoms with Crippen molar-refractivity contribution in [2.45, 2.75) is 71.8 Å². The van der Waals surface area contributed by atoms with E-state index < -0.39 is 5.91 Å². The van der Waals surface area contributed by atoms with Crippen molar-refractivity contribution >= 4 is 29.6 Å².